The summed E-state index contributed by atoms with van der Waals surface area (Å²) in [6.07, 6.45) is -0.654. The zero-order valence-corrected chi connectivity index (χ0v) is 17.2. The summed E-state index contributed by atoms with van der Waals surface area (Å²) in [6, 6.07) is 7.62. The van der Waals surface area contributed by atoms with Crippen molar-refractivity contribution in [3.05, 3.63) is 35.9 Å². The minimum absolute atomic E-state index is 0.280. The van der Waals surface area contributed by atoms with Crippen LogP contribution in [0.5, 0.6) is 0 Å². The van der Waals surface area contributed by atoms with E-state index in [4.69, 9.17) is 0 Å². The quantitative estimate of drug-likeness (QED) is 0.449. The van der Waals surface area contributed by atoms with Gasteiger partial charge in [-0.05, 0) is 24.9 Å². The molecule has 1 aromatic carbocycles. The van der Waals surface area contributed by atoms with Crippen molar-refractivity contribution in [3.63, 3.8) is 0 Å². The Morgan fingerprint density at radius 2 is 1.71 bits per heavy atom. The van der Waals surface area contributed by atoms with Gasteiger partial charge >= 0.3 is 0 Å². The minimum Gasteiger partial charge on any atom is -0.382 e. The van der Waals surface area contributed by atoms with E-state index >= 15 is 0 Å². The number of amides is 3. The van der Waals surface area contributed by atoms with Crippen molar-refractivity contribution in [2.75, 3.05) is 27.7 Å². The van der Waals surface area contributed by atoms with Crippen LogP contribution in [0, 0.1) is 5.92 Å². The second kappa shape index (κ2) is 11.4. The second-order valence-corrected chi connectivity index (χ2v) is 7.33. The molecule has 0 saturated heterocycles. The number of benzene rings is 1. The lowest BCUT2D eigenvalue weighted by Crippen LogP contribution is -2.50. The molecule has 1 aromatic rings. The molecule has 8 heteroatoms. The topological polar surface area (TPSA) is 111 Å². The van der Waals surface area contributed by atoms with Crippen molar-refractivity contribution in [1.29, 1.82) is 0 Å². The summed E-state index contributed by atoms with van der Waals surface area (Å²) in [5.41, 5.74) is 0.646. The van der Waals surface area contributed by atoms with E-state index in [9.17, 15) is 19.5 Å². The Morgan fingerprint density at radius 3 is 2.21 bits per heavy atom. The molecule has 3 atom stereocenters. The SMILES string of the molecule is CN[C@@H](CC(C)C)C(O)C(=O)NCC(=O)N[C@H](C(=O)N(C)C)c1ccccc1. The van der Waals surface area contributed by atoms with Gasteiger partial charge in [-0.2, -0.15) is 0 Å². The molecule has 4 N–H and O–H groups in total. The summed E-state index contributed by atoms with van der Waals surface area (Å²) in [7, 11) is 4.89. The highest BCUT2D eigenvalue weighted by atomic mass is 16.3. The molecule has 8 nitrogen and oxygen atoms in total. The monoisotopic (exact) mass is 392 g/mol. The van der Waals surface area contributed by atoms with Crippen LogP contribution in [0.3, 0.4) is 0 Å². The molecule has 0 heterocycles. The van der Waals surface area contributed by atoms with E-state index in [2.05, 4.69) is 16.0 Å². The molecule has 0 aliphatic heterocycles. The Hall–Kier alpha value is -2.45. The number of hydrogen-bond acceptors (Lipinski definition) is 5. The van der Waals surface area contributed by atoms with Crippen molar-refractivity contribution >= 4 is 17.7 Å². The van der Waals surface area contributed by atoms with Crippen LogP contribution in [-0.4, -0.2) is 67.6 Å². The molecule has 156 valence electrons. The fourth-order valence-corrected chi connectivity index (χ4v) is 2.77. The lowest BCUT2D eigenvalue weighted by molar-refractivity contribution is -0.135. The molecule has 1 unspecified atom stereocenters. The number of aliphatic hydroxyl groups is 1. The number of rotatable bonds is 10. The fraction of sp³-hybridized carbons (Fsp3) is 0.550. The lowest BCUT2D eigenvalue weighted by atomic mass is 9.99. The van der Waals surface area contributed by atoms with E-state index in [-0.39, 0.29) is 12.5 Å². The van der Waals surface area contributed by atoms with Crippen LogP contribution in [-0.2, 0) is 14.4 Å². The van der Waals surface area contributed by atoms with E-state index in [1.54, 1.807) is 45.4 Å². The number of hydrogen-bond donors (Lipinski definition) is 4. The van der Waals surface area contributed by atoms with Crippen LogP contribution in [0.15, 0.2) is 30.3 Å². The molecule has 0 aliphatic rings. The smallest absolute Gasteiger partial charge is 0.250 e. The summed E-state index contributed by atoms with van der Waals surface area (Å²) >= 11 is 0. The standard InChI is InChI=1S/C20H32N4O4/c1-13(2)11-15(21-3)18(26)19(27)22-12-16(25)23-17(20(28)24(4)5)14-9-7-6-8-10-14/h6-10,13,15,17-18,21,26H,11-12H2,1-5H3,(H,22,27)(H,23,25)/t15-,17-,18?/m0/s1. The van der Waals surface area contributed by atoms with Gasteiger partial charge in [-0.3, -0.25) is 14.4 Å². The summed E-state index contributed by atoms with van der Waals surface area (Å²) in [6.45, 7) is 3.65. The summed E-state index contributed by atoms with van der Waals surface area (Å²) in [5.74, 6) is -1.13. The van der Waals surface area contributed by atoms with Gasteiger partial charge in [0.15, 0.2) is 0 Å². The van der Waals surface area contributed by atoms with Gasteiger partial charge in [0.1, 0.15) is 12.1 Å². The molecule has 0 bridgehead atoms. The number of aliphatic hydroxyl groups excluding tert-OH is 1. The lowest BCUT2D eigenvalue weighted by Gasteiger charge is -2.24. The highest BCUT2D eigenvalue weighted by Gasteiger charge is 2.27. The number of carbonyl (C=O) groups excluding carboxylic acids is 3. The summed E-state index contributed by atoms with van der Waals surface area (Å²) in [5, 5.41) is 18.2. The predicted octanol–water partition coefficient (Wildman–Crippen LogP) is 0.0433. The summed E-state index contributed by atoms with van der Waals surface area (Å²) < 4.78 is 0. The molecule has 0 fully saturated rings. The molecule has 0 saturated carbocycles. The Morgan fingerprint density at radius 1 is 1.11 bits per heavy atom. The molecule has 0 aliphatic carbocycles. The Labute approximate surface area is 166 Å². The molecule has 0 radical (unpaired) electrons. The molecule has 0 aromatic heterocycles. The molecule has 0 spiro atoms. The van der Waals surface area contributed by atoms with Crippen LogP contribution < -0.4 is 16.0 Å². The van der Waals surface area contributed by atoms with Gasteiger partial charge in [0.05, 0.1) is 6.54 Å². The third kappa shape index (κ3) is 7.28. The van der Waals surface area contributed by atoms with Crippen LogP contribution in [0.4, 0.5) is 0 Å². The molecular weight excluding hydrogens is 360 g/mol. The van der Waals surface area contributed by atoms with Crippen LogP contribution in [0.2, 0.25) is 0 Å². The van der Waals surface area contributed by atoms with Crippen molar-refractivity contribution in [2.45, 2.75) is 38.5 Å². The number of nitrogens with zero attached hydrogens (tertiary/aromatic N) is 1. The van der Waals surface area contributed by atoms with Gasteiger partial charge in [0.25, 0.3) is 5.91 Å². The first-order chi connectivity index (χ1) is 13.2. The average molecular weight is 393 g/mol. The first kappa shape index (κ1) is 23.6. The van der Waals surface area contributed by atoms with Gasteiger partial charge in [0, 0.05) is 20.1 Å². The maximum atomic E-state index is 12.4. The minimum atomic E-state index is -1.27. The maximum absolute atomic E-state index is 12.4. The number of carbonyl (C=O) groups is 3. The van der Waals surface area contributed by atoms with Crippen LogP contribution in [0.1, 0.15) is 31.9 Å². The molecule has 28 heavy (non-hydrogen) atoms. The van der Waals surface area contributed by atoms with E-state index in [1.807, 2.05) is 19.9 Å². The van der Waals surface area contributed by atoms with E-state index < -0.39 is 30.0 Å². The van der Waals surface area contributed by atoms with Gasteiger partial charge < -0.3 is 26.0 Å². The largest absolute Gasteiger partial charge is 0.382 e. The first-order valence-electron chi connectivity index (χ1n) is 9.35. The zero-order chi connectivity index (χ0) is 21.3. The van der Waals surface area contributed by atoms with Crippen LogP contribution in [0.25, 0.3) is 0 Å². The zero-order valence-electron chi connectivity index (χ0n) is 17.2. The normalized spacial score (nSPS) is 14.1. The third-order valence-corrected chi connectivity index (χ3v) is 4.30. The fourth-order valence-electron chi connectivity index (χ4n) is 2.77. The van der Waals surface area contributed by atoms with Gasteiger partial charge in [-0.25, -0.2) is 0 Å². The highest BCUT2D eigenvalue weighted by molar-refractivity contribution is 5.91. The summed E-state index contributed by atoms with van der Waals surface area (Å²) in [4.78, 5) is 38.3. The van der Waals surface area contributed by atoms with Gasteiger partial charge in [-0.1, -0.05) is 44.2 Å². The van der Waals surface area contributed by atoms with E-state index in [0.29, 0.717) is 17.9 Å². The van der Waals surface area contributed by atoms with E-state index in [1.165, 1.54) is 4.90 Å². The third-order valence-electron chi connectivity index (χ3n) is 4.30. The molecular formula is C20H32N4O4. The van der Waals surface area contributed by atoms with Crippen molar-refractivity contribution in [1.82, 2.24) is 20.9 Å². The Kier molecular flexibility index (Phi) is 9.61. The Balaban J connectivity index is 2.70. The number of nitrogens with one attached hydrogen (secondary N) is 3. The molecule has 1 rings (SSSR count). The van der Waals surface area contributed by atoms with Crippen molar-refractivity contribution in [2.24, 2.45) is 5.92 Å². The molecule has 3 amide bonds. The van der Waals surface area contributed by atoms with Gasteiger partial charge in [-0.15, -0.1) is 0 Å². The van der Waals surface area contributed by atoms with Crippen molar-refractivity contribution < 1.29 is 19.5 Å². The second-order valence-electron chi connectivity index (χ2n) is 7.33. The average Bonchev–Trinajstić information content (AvgIpc) is 2.67. The highest BCUT2D eigenvalue weighted by Crippen LogP contribution is 2.14. The van der Waals surface area contributed by atoms with E-state index in [0.717, 1.165) is 0 Å². The van der Waals surface area contributed by atoms with Gasteiger partial charge in [0.2, 0.25) is 11.8 Å². The van der Waals surface area contributed by atoms with Crippen LogP contribution >= 0.6 is 0 Å². The predicted molar refractivity (Wildman–Crippen MR) is 107 cm³/mol. The Bertz CT molecular complexity index is 649. The first-order valence-corrected chi connectivity index (χ1v) is 9.35. The number of likely N-dealkylation sites (N-methyl/N-ethyl adjacent to an activating group) is 2. The van der Waals surface area contributed by atoms with Crippen molar-refractivity contribution in [3.8, 4) is 0 Å². The maximum Gasteiger partial charge on any atom is 0.250 e.